The monoisotopic (exact) mass is 314 g/mol. The second-order valence-corrected chi connectivity index (χ2v) is 5.93. The zero-order valence-electron chi connectivity index (χ0n) is 14.5. The van der Waals surface area contributed by atoms with Crippen LogP contribution in [0.3, 0.4) is 0 Å². The molecule has 2 nitrogen and oxygen atoms in total. The lowest BCUT2D eigenvalue weighted by Crippen LogP contribution is -2.28. The Morgan fingerprint density at radius 2 is 1.45 bits per heavy atom. The van der Waals surface area contributed by atoms with Gasteiger partial charge in [0.1, 0.15) is 17.7 Å². The van der Waals surface area contributed by atoms with Crippen molar-refractivity contribution in [3.05, 3.63) is 35.4 Å². The lowest BCUT2D eigenvalue weighted by Gasteiger charge is -2.24. The first-order valence-electron chi connectivity index (χ1n) is 7.85. The number of hydrogen-bond donors (Lipinski definition) is 0. The third-order valence-corrected chi connectivity index (χ3v) is 3.20. The minimum atomic E-state index is -0.503. The summed E-state index contributed by atoms with van der Waals surface area (Å²) in [6.45, 7) is 12.0. The van der Waals surface area contributed by atoms with Crippen LogP contribution < -0.4 is 0 Å². The van der Waals surface area contributed by atoms with Crippen molar-refractivity contribution in [1.82, 2.24) is 0 Å². The molecule has 0 aliphatic heterocycles. The molecule has 0 fully saturated rings. The third kappa shape index (κ3) is 8.11. The Morgan fingerprint density at radius 1 is 1.00 bits per heavy atom. The van der Waals surface area contributed by atoms with Crippen molar-refractivity contribution in [3.63, 3.8) is 0 Å². The van der Waals surface area contributed by atoms with Gasteiger partial charge in [0.15, 0.2) is 0 Å². The Morgan fingerprint density at radius 3 is 1.77 bits per heavy atom. The van der Waals surface area contributed by atoms with Gasteiger partial charge in [-0.1, -0.05) is 41.5 Å². The Labute approximate surface area is 132 Å². The van der Waals surface area contributed by atoms with Crippen molar-refractivity contribution in [2.24, 2.45) is 11.8 Å². The second-order valence-electron chi connectivity index (χ2n) is 5.93. The molecule has 0 heterocycles. The van der Waals surface area contributed by atoms with Crippen LogP contribution >= 0.6 is 0 Å². The molecule has 0 aliphatic carbocycles. The van der Waals surface area contributed by atoms with Gasteiger partial charge >= 0.3 is 5.97 Å². The molecule has 0 unspecified atom stereocenters. The van der Waals surface area contributed by atoms with Gasteiger partial charge in [0.2, 0.25) is 0 Å². The normalized spacial score (nSPS) is 10.7. The first kappa shape index (κ1) is 20.6. The standard InChI is InChI=1S/C10H20O2.C8H8F2/c1-6-9(11)12-10(7(2)3)8(4)5;1-2-6-3-7(9)5-8(10)4-6/h7-8,10H,6H2,1-5H3;3-5H,2H2,1H3. The van der Waals surface area contributed by atoms with Gasteiger partial charge in [0.05, 0.1) is 0 Å². The van der Waals surface area contributed by atoms with Crippen LogP contribution in [0.4, 0.5) is 8.78 Å². The average Bonchev–Trinajstić information content (AvgIpc) is 2.43. The van der Waals surface area contributed by atoms with Gasteiger partial charge in [0.25, 0.3) is 0 Å². The Bertz CT molecular complexity index is 428. The quantitative estimate of drug-likeness (QED) is 0.703. The summed E-state index contributed by atoms with van der Waals surface area (Å²) >= 11 is 0. The number of carbonyl (C=O) groups excluding carboxylic acids is 1. The molecule has 0 saturated carbocycles. The molecule has 0 aromatic heterocycles. The molecule has 126 valence electrons. The fourth-order valence-corrected chi connectivity index (χ4v) is 2.09. The van der Waals surface area contributed by atoms with Crippen LogP contribution in [0.2, 0.25) is 0 Å². The van der Waals surface area contributed by atoms with Gasteiger partial charge in [-0.05, 0) is 36.0 Å². The number of carbonyl (C=O) groups is 1. The summed E-state index contributed by atoms with van der Waals surface area (Å²) in [5.74, 6) is -0.294. The molecule has 0 saturated heterocycles. The molecule has 0 radical (unpaired) electrons. The van der Waals surface area contributed by atoms with E-state index in [1.54, 1.807) is 0 Å². The van der Waals surface area contributed by atoms with Crippen molar-refractivity contribution < 1.29 is 18.3 Å². The zero-order valence-corrected chi connectivity index (χ0v) is 14.5. The molecule has 1 aromatic carbocycles. The average molecular weight is 314 g/mol. The van der Waals surface area contributed by atoms with Crippen LogP contribution in [0, 0.1) is 23.5 Å². The molecule has 0 amide bonds. The topological polar surface area (TPSA) is 26.3 Å². The summed E-state index contributed by atoms with van der Waals surface area (Å²) in [5.41, 5.74) is 0.692. The summed E-state index contributed by atoms with van der Waals surface area (Å²) in [5, 5.41) is 0. The maximum absolute atomic E-state index is 12.4. The van der Waals surface area contributed by atoms with Crippen molar-refractivity contribution in [2.45, 2.75) is 60.5 Å². The Kier molecular flexibility index (Phi) is 9.63. The molecule has 0 aliphatic rings. The highest BCUT2D eigenvalue weighted by Gasteiger charge is 2.20. The largest absolute Gasteiger partial charge is 0.462 e. The minimum Gasteiger partial charge on any atom is -0.462 e. The van der Waals surface area contributed by atoms with Gasteiger partial charge < -0.3 is 4.74 Å². The molecule has 0 bridgehead atoms. The molecule has 0 atom stereocenters. The van der Waals surface area contributed by atoms with E-state index in [1.165, 1.54) is 12.1 Å². The summed E-state index contributed by atoms with van der Waals surface area (Å²) in [6.07, 6.45) is 1.20. The molecule has 4 heteroatoms. The van der Waals surface area contributed by atoms with E-state index in [1.807, 2.05) is 13.8 Å². The van der Waals surface area contributed by atoms with E-state index in [4.69, 9.17) is 4.74 Å². The molecule has 0 spiro atoms. The van der Waals surface area contributed by atoms with E-state index in [-0.39, 0.29) is 12.1 Å². The number of rotatable bonds is 5. The van der Waals surface area contributed by atoms with E-state index < -0.39 is 11.6 Å². The van der Waals surface area contributed by atoms with Crippen LogP contribution in [-0.2, 0) is 16.0 Å². The SMILES string of the molecule is CCC(=O)OC(C(C)C)C(C)C.CCc1cc(F)cc(F)c1. The Hall–Kier alpha value is -1.45. The van der Waals surface area contributed by atoms with Crippen LogP contribution in [0.15, 0.2) is 18.2 Å². The predicted molar refractivity (Wildman–Crippen MR) is 85.6 cm³/mol. The van der Waals surface area contributed by atoms with Crippen LogP contribution in [-0.4, -0.2) is 12.1 Å². The van der Waals surface area contributed by atoms with Gasteiger partial charge in [-0.2, -0.15) is 0 Å². The van der Waals surface area contributed by atoms with Crippen LogP contribution in [0.1, 0.15) is 53.5 Å². The van der Waals surface area contributed by atoms with Crippen molar-refractivity contribution in [2.75, 3.05) is 0 Å². The number of aryl methyl sites for hydroxylation is 1. The summed E-state index contributed by atoms with van der Waals surface area (Å²) in [6, 6.07) is 3.55. The lowest BCUT2D eigenvalue weighted by molar-refractivity contribution is -0.153. The predicted octanol–water partition coefficient (Wildman–Crippen LogP) is 5.15. The zero-order chi connectivity index (χ0) is 17.3. The van der Waals surface area contributed by atoms with Crippen molar-refractivity contribution in [3.8, 4) is 0 Å². The molecule has 22 heavy (non-hydrogen) atoms. The number of ether oxygens (including phenoxy) is 1. The molecular formula is C18H28F2O2. The maximum atomic E-state index is 12.4. The van der Waals surface area contributed by atoms with Gasteiger partial charge in [-0.25, -0.2) is 8.78 Å². The van der Waals surface area contributed by atoms with Gasteiger partial charge in [-0.3, -0.25) is 4.79 Å². The van der Waals surface area contributed by atoms with Gasteiger partial charge in [0, 0.05) is 12.5 Å². The first-order chi connectivity index (χ1) is 10.2. The number of hydrogen-bond acceptors (Lipinski definition) is 2. The molecule has 1 aromatic rings. The van der Waals surface area contributed by atoms with Crippen LogP contribution in [0.5, 0.6) is 0 Å². The number of halogens is 2. The minimum absolute atomic E-state index is 0.0671. The number of benzene rings is 1. The molecule has 0 N–H and O–H groups in total. The highest BCUT2D eigenvalue weighted by atomic mass is 19.1. The van der Waals surface area contributed by atoms with E-state index >= 15 is 0 Å². The van der Waals surface area contributed by atoms with Crippen molar-refractivity contribution >= 4 is 5.97 Å². The lowest BCUT2D eigenvalue weighted by atomic mass is 9.96. The van der Waals surface area contributed by atoms with E-state index in [2.05, 4.69) is 27.7 Å². The van der Waals surface area contributed by atoms with Crippen molar-refractivity contribution in [1.29, 1.82) is 0 Å². The Balaban J connectivity index is 0.000000406. The van der Waals surface area contributed by atoms with Crippen LogP contribution in [0.25, 0.3) is 0 Å². The highest BCUT2D eigenvalue weighted by Crippen LogP contribution is 2.16. The fourth-order valence-electron chi connectivity index (χ4n) is 2.09. The summed E-state index contributed by atoms with van der Waals surface area (Å²) in [7, 11) is 0. The second kappa shape index (κ2) is 10.3. The van der Waals surface area contributed by atoms with Gasteiger partial charge in [-0.15, -0.1) is 0 Å². The summed E-state index contributed by atoms with van der Waals surface area (Å²) in [4.78, 5) is 11.0. The molecule has 1 rings (SSSR count). The highest BCUT2D eigenvalue weighted by molar-refractivity contribution is 5.69. The smallest absolute Gasteiger partial charge is 0.305 e. The number of esters is 1. The maximum Gasteiger partial charge on any atom is 0.305 e. The summed E-state index contributed by atoms with van der Waals surface area (Å²) < 4.78 is 30.0. The molecular weight excluding hydrogens is 286 g/mol. The fraction of sp³-hybridized carbons (Fsp3) is 0.611. The van der Waals surface area contributed by atoms with E-state index in [9.17, 15) is 13.6 Å². The first-order valence-corrected chi connectivity index (χ1v) is 7.85. The van der Waals surface area contributed by atoms with E-state index in [0.29, 0.717) is 30.2 Å². The third-order valence-electron chi connectivity index (χ3n) is 3.20. The van der Waals surface area contributed by atoms with E-state index in [0.717, 1.165) is 6.07 Å².